The standard InChI is InChI=1S/C16H24N2OS.ClH/c1-10-5-6-14(20-10)9-15(19)18-16-11-3-2-4-12(16)8-13(17)7-11;/h5-6,11-13,16H,2-4,7-9,17H2,1H3,(H,18,19);1H. The minimum atomic E-state index is 0. The average molecular weight is 329 g/mol. The Balaban J connectivity index is 0.00000161. The first-order valence-electron chi connectivity index (χ1n) is 7.72. The molecule has 0 aliphatic heterocycles. The third-order valence-electron chi connectivity index (χ3n) is 4.84. The number of fused-ring (bicyclic) bond motifs is 2. The maximum atomic E-state index is 12.3. The Morgan fingerprint density at radius 1 is 1.33 bits per heavy atom. The Bertz CT molecular complexity index is 476. The summed E-state index contributed by atoms with van der Waals surface area (Å²) < 4.78 is 0. The summed E-state index contributed by atoms with van der Waals surface area (Å²) >= 11 is 1.72. The number of hydrogen-bond acceptors (Lipinski definition) is 3. The Morgan fingerprint density at radius 3 is 2.57 bits per heavy atom. The molecule has 1 amide bonds. The van der Waals surface area contributed by atoms with Gasteiger partial charge in [0.2, 0.25) is 5.91 Å². The quantitative estimate of drug-likeness (QED) is 0.896. The fourth-order valence-corrected chi connectivity index (χ4v) is 4.89. The average Bonchev–Trinajstić information content (AvgIpc) is 2.76. The highest BCUT2D eigenvalue weighted by Gasteiger charge is 2.39. The summed E-state index contributed by atoms with van der Waals surface area (Å²) in [6, 6.07) is 4.87. The minimum absolute atomic E-state index is 0. The van der Waals surface area contributed by atoms with Crippen LogP contribution in [0.25, 0.3) is 0 Å². The number of nitrogens with one attached hydrogen (secondary N) is 1. The Hall–Kier alpha value is -0.580. The zero-order valence-electron chi connectivity index (χ0n) is 12.5. The van der Waals surface area contributed by atoms with E-state index < -0.39 is 0 Å². The van der Waals surface area contributed by atoms with Gasteiger partial charge in [0.05, 0.1) is 6.42 Å². The van der Waals surface area contributed by atoms with E-state index in [1.807, 2.05) is 0 Å². The van der Waals surface area contributed by atoms with Gasteiger partial charge < -0.3 is 11.1 Å². The van der Waals surface area contributed by atoms with Crippen molar-refractivity contribution in [2.75, 3.05) is 0 Å². The summed E-state index contributed by atoms with van der Waals surface area (Å²) in [7, 11) is 0. The van der Waals surface area contributed by atoms with E-state index in [9.17, 15) is 4.79 Å². The molecular formula is C16H25ClN2OS. The molecule has 3 N–H and O–H groups in total. The third kappa shape index (κ3) is 3.99. The second-order valence-electron chi connectivity index (χ2n) is 6.46. The Morgan fingerprint density at radius 2 is 2.00 bits per heavy atom. The van der Waals surface area contributed by atoms with Gasteiger partial charge in [0.25, 0.3) is 0 Å². The van der Waals surface area contributed by atoms with Crippen LogP contribution < -0.4 is 11.1 Å². The SMILES string of the molecule is Cc1ccc(CC(=O)NC2C3CCCC2CC(N)C3)s1.Cl. The first kappa shape index (κ1) is 16.8. The molecule has 2 aliphatic rings. The van der Waals surface area contributed by atoms with Gasteiger partial charge in [-0.25, -0.2) is 0 Å². The predicted molar refractivity (Wildman–Crippen MR) is 90.0 cm³/mol. The van der Waals surface area contributed by atoms with Crippen molar-refractivity contribution in [1.82, 2.24) is 5.32 Å². The molecule has 1 aromatic rings. The maximum absolute atomic E-state index is 12.3. The largest absolute Gasteiger partial charge is 0.352 e. The molecule has 0 saturated heterocycles. The lowest BCUT2D eigenvalue weighted by Crippen LogP contribution is -2.53. The van der Waals surface area contributed by atoms with E-state index in [1.54, 1.807) is 11.3 Å². The van der Waals surface area contributed by atoms with Gasteiger partial charge in [-0.15, -0.1) is 23.7 Å². The van der Waals surface area contributed by atoms with Crippen LogP contribution in [0.3, 0.4) is 0 Å². The number of aryl methyl sites for hydroxylation is 1. The van der Waals surface area contributed by atoms with E-state index in [0.717, 1.165) is 17.7 Å². The molecule has 0 spiro atoms. The lowest BCUT2D eigenvalue weighted by atomic mass is 9.67. The molecule has 1 heterocycles. The molecule has 2 atom stereocenters. The van der Waals surface area contributed by atoms with Gasteiger partial charge in [-0.1, -0.05) is 6.42 Å². The number of hydrogen-bond donors (Lipinski definition) is 2. The van der Waals surface area contributed by atoms with E-state index in [2.05, 4.69) is 24.4 Å². The summed E-state index contributed by atoms with van der Waals surface area (Å²) in [4.78, 5) is 14.7. The summed E-state index contributed by atoms with van der Waals surface area (Å²) in [5.41, 5.74) is 6.13. The van der Waals surface area contributed by atoms with Crippen molar-refractivity contribution in [2.45, 2.75) is 57.5 Å². The highest BCUT2D eigenvalue weighted by atomic mass is 35.5. The van der Waals surface area contributed by atoms with Gasteiger partial charge in [-0.05, 0) is 56.6 Å². The highest BCUT2D eigenvalue weighted by molar-refractivity contribution is 7.12. The van der Waals surface area contributed by atoms with Gasteiger partial charge in [-0.3, -0.25) is 4.79 Å². The molecule has 2 unspecified atom stereocenters. The number of halogens is 1. The van der Waals surface area contributed by atoms with Gasteiger partial charge in [0, 0.05) is 21.8 Å². The van der Waals surface area contributed by atoms with E-state index in [1.165, 1.54) is 24.1 Å². The summed E-state index contributed by atoms with van der Waals surface area (Å²) in [5, 5.41) is 3.31. The molecule has 2 bridgehead atoms. The van der Waals surface area contributed by atoms with E-state index in [-0.39, 0.29) is 18.3 Å². The zero-order valence-corrected chi connectivity index (χ0v) is 14.1. The lowest BCUT2D eigenvalue weighted by Gasteiger charge is -2.45. The zero-order chi connectivity index (χ0) is 14.1. The number of carbonyl (C=O) groups excluding carboxylic acids is 1. The van der Waals surface area contributed by atoms with Crippen molar-refractivity contribution in [3.63, 3.8) is 0 Å². The lowest BCUT2D eigenvalue weighted by molar-refractivity contribution is -0.122. The number of rotatable bonds is 3. The van der Waals surface area contributed by atoms with Gasteiger partial charge in [0.15, 0.2) is 0 Å². The fraction of sp³-hybridized carbons (Fsp3) is 0.688. The predicted octanol–water partition coefficient (Wildman–Crippen LogP) is 3.04. The monoisotopic (exact) mass is 328 g/mol. The van der Waals surface area contributed by atoms with Crippen LogP contribution in [0.5, 0.6) is 0 Å². The number of thiophene rings is 1. The summed E-state index contributed by atoms with van der Waals surface area (Å²) in [6.07, 6.45) is 6.46. The van der Waals surface area contributed by atoms with Crippen LogP contribution in [0.2, 0.25) is 0 Å². The van der Waals surface area contributed by atoms with Crippen molar-refractivity contribution in [1.29, 1.82) is 0 Å². The van der Waals surface area contributed by atoms with E-state index in [4.69, 9.17) is 5.73 Å². The molecule has 0 aromatic carbocycles. The first-order chi connectivity index (χ1) is 9.61. The van der Waals surface area contributed by atoms with Crippen molar-refractivity contribution in [3.8, 4) is 0 Å². The molecule has 21 heavy (non-hydrogen) atoms. The van der Waals surface area contributed by atoms with Gasteiger partial charge in [-0.2, -0.15) is 0 Å². The van der Waals surface area contributed by atoms with Crippen molar-refractivity contribution >= 4 is 29.7 Å². The van der Waals surface area contributed by atoms with Crippen LogP contribution in [0, 0.1) is 18.8 Å². The number of carbonyl (C=O) groups is 1. The summed E-state index contributed by atoms with van der Waals surface area (Å²) in [6.45, 7) is 2.08. The second-order valence-corrected chi connectivity index (χ2v) is 7.84. The van der Waals surface area contributed by atoms with Crippen molar-refractivity contribution < 1.29 is 4.79 Å². The molecule has 3 rings (SSSR count). The summed E-state index contributed by atoms with van der Waals surface area (Å²) in [5.74, 6) is 1.39. The van der Waals surface area contributed by atoms with Crippen LogP contribution in [0.15, 0.2) is 12.1 Å². The molecule has 118 valence electrons. The smallest absolute Gasteiger partial charge is 0.225 e. The van der Waals surface area contributed by atoms with Gasteiger partial charge >= 0.3 is 0 Å². The molecule has 1 aromatic heterocycles. The topological polar surface area (TPSA) is 55.1 Å². The maximum Gasteiger partial charge on any atom is 0.225 e. The highest BCUT2D eigenvalue weighted by Crippen LogP contribution is 2.39. The normalized spacial score (nSPS) is 31.3. The van der Waals surface area contributed by atoms with Crippen LogP contribution >= 0.6 is 23.7 Å². The molecule has 2 fully saturated rings. The first-order valence-corrected chi connectivity index (χ1v) is 8.53. The Labute approximate surface area is 137 Å². The number of nitrogens with two attached hydrogens (primary N) is 1. The van der Waals surface area contributed by atoms with E-state index >= 15 is 0 Å². The second kappa shape index (κ2) is 7.12. The van der Waals surface area contributed by atoms with Gasteiger partial charge in [0.1, 0.15) is 0 Å². The van der Waals surface area contributed by atoms with Crippen LogP contribution in [-0.4, -0.2) is 18.0 Å². The molecule has 2 saturated carbocycles. The van der Waals surface area contributed by atoms with Crippen LogP contribution in [-0.2, 0) is 11.2 Å². The third-order valence-corrected chi connectivity index (χ3v) is 5.84. The molecule has 5 heteroatoms. The number of amides is 1. The van der Waals surface area contributed by atoms with Crippen molar-refractivity contribution in [3.05, 3.63) is 21.9 Å². The Kier molecular flexibility index (Phi) is 5.69. The van der Waals surface area contributed by atoms with Crippen molar-refractivity contribution in [2.24, 2.45) is 17.6 Å². The minimum Gasteiger partial charge on any atom is -0.352 e. The molecule has 2 aliphatic carbocycles. The van der Waals surface area contributed by atoms with Crippen LogP contribution in [0.4, 0.5) is 0 Å². The molecule has 3 nitrogen and oxygen atoms in total. The van der Waals surface area contributed by atoms with Crippen LogP contribution in [0.1, 0.15) is 41.9 Å². The fourth-order valence-electron chi connectivity index (χ4n) is 4.00. The molecule has 0 radical (unpaired) electrons. The van der Waals surface area contributed by atoms with E-state index in [0.29, 0.717) is 30.3 Å². The molecular weight excluding hydrogens is 304 g/mol.